The molecule has 5 nitrogen and oxygen atoms in total. The van der Waals surface area contributed by atoms with E-state index in [2.05, 4.69) is 37.6 Å². The highest BCUT2D eigenvalue weighted by Gasteiger charge is 2.18. The zero-order valence-electron chi connectivity index (χ0n) is 13.6. The van der Waals surface area contributed by atoms with Crippen molar-refractivity contribution in [2.75, 3.05) is 57.3 Å². The van der Waals surface area contributed by atoms with E-state index in [1.54, 1.807) is 0 Å². The van der Waals surface area contributed by atoms with Crippen molar-refractivity contribution in [3.63, 3.8) is 0 Å². The van der Waals surface area contributed by atoms with Crippen LogP contribution in [-0.4, -0.2) is 63.2 Å². The quantitative estimate of drug-likeness (QED) is 0.805. The van der Waals surface area contributed by atoms with Gasteiger partial charge in [0.2, 0.25) is 0 Å². The first-order valence-corrected chi connectivity index (χ1v) is 8.95. The molecule has 2 aliphatic rings. The molecule has 0 saturated carbocycles. The van der Waals surface area contributed by atoms with Gasteiger partial charge in [0.25, 0.3) is 0 Å². The van der Waals surface area contributed by atoms with Gasteiger partial charge in [0.15, 0.2) is 5.96 Å². The van der Waals surface area contributed by atoms with E-state index in [4.69, 9.17) is 11.6 Å². The molecule has 0 bridgehead atoms. The minimum Gasteiger partial charge on any atom is -0.368 e. The number of para-hydroxylation sites is 1. The first-order valence-electron chi connectivity index (χ1n) is 8.57. The Balaban J connectivity index is 1.35. The Labute approximate surface area is 143 Å². The molecule has 1 aromatic rings. The lowest BCUT2D eigenvalue weighted by molar-refractivity contribution is 0.255. The van der Waals surface area contributed by atoms with Crippen molar-refractivity contribution < 1.29 is 0 Å². The normalized spacial score (nSPS) is 19.2. The summed E-state index contributed by atoms with van der Waals surface area (Å²) in [5, 5.41) is 7.53. The molecule has 2 heterocycles. The molecule has 0 amide bonds. The number of halogens is 1. The van der Waals surface area contributed by atoms with Crippen LogP contribution in [0.15, 0.2) is 29.3 Å². The van der Waals surface area contributed by atoms with Crippen LogP contribution in [0.2, 0.25) is 5.02 Å². The Morgan fingerprint density at radius 3 is 2.74 bits per heavy atom. The van der Waals surface area contributed by atoms with Crippen molar-refractivity contribution >= 4 is 23.2 Å². The van der Waals surface area contributed by atoms with Gasteiger partial charge in [0.05, 0.1) is 10.7 Å². The lowest BCUT2D eigenvalue weighted by Crippen LogP contribution is -2.47. The van der Waals surface area contributed by atoms with Gasteiger partial charge < -0.3 is 15.5 Å². The second-order valence-electron chi connectivity index (χ2n) is 6.07. The summed E-state index contributed by atoms with van der Waals surface area (Å²) in [6.45, 7) is 8.40. The zero-order chi connectivity index (χ0) is 15.9. The van der Waals surface area contributed by atoms with E-state index in [-0.39, 0.29) is 0 Å². The third-order valence-electron chi connectivity index (χ3n) is 4.41. The second kappa shape index (κ2) is 8.41. The molecular weight excluding hydrogens is 310 g/mol. The van der Waals surface area contributed by atoms with E-state index >= 15 is 0 Å². The fourth-order valence-corrected chi connectivity index (χ4v) is 3.34. The predicted molar refractivity (Wildman–Crippen MR) is 97.6 cm³/mol. The molecule has 1 fully saturated rings. The maximum Gasteiger partial charge on any atom is 0.191 e. The number of rotatable bonds is 5. The summed E-state index contributed by atoms with van der Waals surface area (Å²) in [6, 6.07) is 8.12. The molecule has 0 spiro atoms. The van der Waals surface area contributed by atoms with Crippen LogP contribution in [0.3, 0.4) is 0 Å². The molecule has 1 saturated heterocycles. The Bertz CT molecular complexity index is 525. The highest BCUT2D eigenvalue weighted by atomic mass is 35.5. The van der Waals surface area contributed by atoms with Gasteiger partial charge in [-0.05, 0) is 31.5 Å². The molecule has 23 heavy (non-hydrogen) atoms. The summed E-state index contributed by atoms with van der Waals surface area (Å²) < 4.78 is 0. The zero-order valence-corrected chi connectivity index (χ0v) is 14.4. The lowest BCUT2D eigenvalue weighted by atomic mass is 10.2. The minimum atomic E-state index is 0.853. The van der Waals surface area contributed by atoms with Crippen molar-refractivity contribution in [3.05, 3.63) is 29.3 Å². The van der Waals surface area contributed by atoms with Crippen molar-refractivity contribution in [1.29, 1.82) is 0 Å². The summed E-state index contributed by atoms with van der Waals surface area (Å²) in [5.41, 5.74) is 1.16. The van der Waals surface area contributed by atoms with Crippen LogP contribution in [0.5, 0.6) is 0 Å². The van der Waals surface area contributed by atoms with E-state index in [1.165, 1.54) is 0 Å². The fraction of sp³-hybridized carbons (Fsp3) is 0.588. The molecule has 1 aromatic carbocycles. The topological polar surface area (TPSA) is 42.9 Å². The number of hydrogen-bond donors (Lipinski definition) is 2. The van der Waals surface area contributed by atoms with Gasteiger partial charge in [-0.25, -0.2) is 0 Å². The van der Waals surface area contributed by atoms with E-state index in [0.717, 1.165) is 81.9 Å². The summed E-state index contributed by atoms with van der Waals surface area (Å²) in [4.78, 5) is 9.35. The number of guanidine groups is 1. The number of nitrogens with zero attached hydrogens (tertiary/aromatic N) is 3. The molecule has 0 radical (unpaired) electrons. The molecule has 126 valence electrons. The van der Waals surface area contributed by atoms with Crippen LogP contribution >= 0.6 is 11.6 Å². The first kappa shape index (κ1) is 16.4. The third kappa shape index (κ3) is 4.75. The van der Waals surface area contributed by atoms with Gasteiger partial charge in [-0.1, -0.05) is 23.7 Å². The Morgan fingerprint density at radius 2 is 2.00 bits per heavy atom. The maximum absolute atomic E-state index is 6.29. The molecule has 0 aromatic heterocycles. The smallest absolute Gasteiger partial charge is 0.191 e. The van der Waals surface area contributed by atoms with E-state index in [1.807, 2.05) is 12.1 Å². The number of nitrogens with one attached hydrogen (secondary N) is 2. The predicted octanol–water partition coefficient (Wildman–Crippen LogP) is 1.79. The summed E-state index contributed by atoms with van der Waals surface area (Å²) in [5.74, 6) is 0.972. The third-order valence-corrected chi connectivity index (χ3v) is 4.73. The molecule has 3 rings (SSSR count). The summed E-state index contributed by atoms with van der Waals surface area (Å²) >= 11 is 6.29. The van der Waals surface area contributed by atoms with Crippen molar-refractivity contribution in [1.82, 2.24) is 15.5 Å². The van der Waals surface area contributed by atoms with Gasteiger partial charge in [0, 0.05) is 45.8 Å². The molecule has 0 aliphatic carbocycles. The molecular formula is C17H26ClN5. The molecule has 0 atom stereocenters. The number of piperazine rings is 1. The molecule has 2 aliphatic heterocycles. The molecule has 6 heteroatoms. The van der Waals surface area contributed by atoms with Crippen LogP contribution in [0, 0.1) is 0 Å². The fourth-order valence-electron chi connectivity index (χ4n) is 3.08. The largest absolute Gasteiger partial charge is 0.368 e. The molecule has 2 N–H and O–H groups in total. The van der Waals surface area contributed by atoms with E-state index < -0.39 is 0 Å². The van der Waals surface area contributed by atoms with Gasteiger partial charge in [-0.2, -0.15) is 0 Å². The maximum atomic E-state index is 6.29. The van der Waals surface area contributed by atoms with Gasteiger partial charge in [0.1, 0.15) is 0 Å². The van der Waals surface area contributed by atoms with Crippen molar-refractivity contribution in [3.8, 4) is 0 Å². The number of anilines is 1. The first-order chi connectivity index (χ1) is 11.3. The van der Waals surface area contributed by atoms with Crippen LogP contribution in [0.1, 0.15) is 12.8 Å². The standard InChI is InChI=1S/C17H26ClN5/c18-15-5-1-2-6-16(15)23-13-11-22(12-14-23)10-4-9-21-17-19-7-3-8-20-17/h1-2,5-6H,3-4,7-14H2,(H2,19,20,21). The average molecular weight is 336 g/mol. The van der Waals surface area contributed by atoms with Gasteiger partial charge >= 0.3 is 0 Å². The monoisotopic (exact) mass is 335 g/mol. The average Bonchev–Trinajstić information content (AvgIpc) is 2.61. The Morgan fingerprint density at radius 1 is 1.17 bits per heavy atom. The van der Waals surface area contributed by atoms with Crippen molar-refractivity contribution in [2.24, 2.45) is 4.99 Å². The number of benzene rings is 1. The van der Waals surface area contributed by atoms with Crippen LogP contribution < -0.4 is 15.5 Å². The van der Waals surface area contributed by atoms with Gasteiger partial charge in [-0.15, -0.1) is 0 Å². The Hall–Kier alpha value is -1.46. The van der Waals surface area contributed by atoms with Crippen LogP contribution in [0.4, 0.5) is 5.69 Å². The lowest BCUT2D eigenvalue weighted by Gasteiger charge is -2.36. The number of aliphatic imine (C=N–C) groups is 1. The van der Waals surface area contributed by atoms with Crippen LogP contribution in [0.25, 0.3) is 0 Å². The Kier molecular flexibility index (Phi) is 6.00. The van der Waals surface area contributed by atoms with E-state index in [0.29, 0.717) is 0 Å². The van der Waals surface area contributed by atoms with Crippen LogP contribution in [-0.2, 0) is 0 Å². The molecule has 0 unspecified atom stereocenters. The number of hydrogen-bond acceptors (Lipinski definition) is 5. The SMILES string of the molecule is Clc1ccccc1N1CCN(CCCNC2=NCCCN2)CC1. The second-order valence-corrected chi connectivity index (χ2v) is 6.48. The summed E-state index contributed by atoms with van der Waals surface area (Å²) in [7, 11) is 0. The highest BCUT2D eigenvalue weighted by molar-refractivity contribution is 6.33. The van der Waals surface area contributed by atoms with Gasteiger partial charge in [-0.3, -0.25) is 9.89 Å². The highest BCUT2D eigenvalue weighted by Crippen LogP contribution is 2.25. The summed E-state index contributed by atoms with van der Waals surface area (Å²) in [6.07, 6.45) is 2.29. The minimum absolute atomic E-state index is 0.853. The van der Waals surface area contributed by atoms with Crippen molar-refractivity contribution in [2.45, 2.75) is 12.8 Å². The van der Waals surface area contributed by atoms with E-state index in [9.17, 15) is 0 Å².